The first-order valence-corrected chi connectivity index (χ1v) is 12.5. The fraction of sp³-hybridized carbons (Fsp3) is 0.500. The van der Waals surface area contributed by atoms with E-state index in [4.69, 9.17) is 0 Å². The van der Waals surface area contributed by atoms with E-state index in [2.05, 4.69) is 24.1 Å². The molecule has 1 N–H and O–H groups in total. The summed E-state index contributed by atoms with van der Waals surface area (Å²) in [5.74, 6) is 1.47. The van der Waals surface area contributed by atoms with Gasteiger partial charge in [0.15, 0.2) is 0 Å². The second-order valence-electron chi connectivity index (χ2n) is 9.91. The monoisotopic (exact) mass is 447 g/mol. The molecule has 0 spiro atoms. The molecule has 2 aromatic rings. The molecule has 2 aromatic carbocycles. The lowest BCUT2D eigenvalue weighted by atomic mass is 9.96. The molecule has 2 aliphatic heterocycles. The average molecular weight is 448 g/mol. The fourth-order valence-corrected chi connectivity index (χ4v) is 4.82. The first kappa shape index (κ1) is 23.3. The number of carbonyl (C=O) groups is 2. The number of likely N-dealkylation sites (tertiary alicyclic amines) is 1. The maximum Gasteiger partial charge on any atom is 0.256 e. The molecule has 4 rings (SSSR count). The predicted octanol–water partition coefficient (Wildman–Crippen LogP) is 5.37. The molecule has 0 atom stereocenters. The lowest BCUT2D eigenvalue weighted by Crippen LogP contribution is -2.40. The first-order valence-electron chi connectivity index (χ1n) is 12.5. The van der Waals surface area contributed by atoms with E-state index in [0.717, 1.165) is 74.6 Å². The molecule has 0 aliphatic carbocycles. The molecule has 0 saturated carbocycles. The minimum Gasteiger partial charge on any atom is -0.371 e. The lowest BCUT2D eigenvalue weighted by Gasteiger charge is -2.35. The first-order chi connectivity index (χ1) is 16.0. The molecule has 5 nitrogen and oxygen atoms in total. The summed E-state index contributed by atoms with van der Waals surface area (Å²) in [5, 5.41) is 3.03. The summed E-state index contributed by atoms with van der Waals surface area (Å²) in [6.07, 6.45) is 5.52. The van der Waals surface area contributed by atoms with Gasteiger partial charge in [0.2, 0.25) is 5.91 Å². The number of piperidine rings is 2. The van der Waals surface area contributed by atoms with Gasteiger partial charge in [0.05, 0.1) is 5.56 Å². The zero-order valence-electron chi connectivity index (χ0n) is 20.1. The predicted molar refractivity (Wildman–Crippen MR) is 135 cm³/mol. The van der Waals surface area contributed by atoms with Crippen molar-refractivity contribution >= 4 is 23.2 Å². The van der Waals surface area contributed by atoms with Crippen LogP contribution in [0.25, 0.3) is 0 Å². The topological polar surface area (TPSA) is 52.7 Å². The summed E-state index contributed by atoms with van der Waals surface area (Å²) < 4.78 is 0. The molecule has 2 fully saturated rings. The number of rotatable bonds is 6. The van der Waals surface area contributed by atoms with Gasteiger partial charge in [-0.1, -0.05) is 44.2 Å². The Hall–Kier alpha value is -2.82. The highest BCUT2D eigenvalue weighted by atomic mass is 16.2. The number of hydrogen-bond acceptors (Lipinski definition) is 3. The van der Waals surface area contributed by atoms with Crippen LogP contribution in [-0.4, -0.2) is 42.9 Å². The molecular formula is C28H37N3O2. The summed E-state index contributed by atoms with van der Waals surface area (Å²) in [4.78, 5) is 30.5. The van der Waals surface area contributed by atoms with Crippen molar-refractivity contribution in [1.29, 1.82) is 0 Å². The van der Waals surface area contributed by atoms with E-state index in [9.17, 15) is 9.59 Å². The SMILES string of the molecule is CC1CCN(C(=O)c2cc(NC(=O)CCc3ccccc3)ccc2N2CCC(C)CC2)CC1. The Morgan fingerprint density at radius 1 is 0.879 bits per heavy atom. The van der Waals surface area contributed by atoms with Gasteiger partial charge in [-0.25, -0.2) is 0 Å². The van der Waals surface area contributed by atoms with E-state index in [1.54, 1.807) is 0 Å². The second kappa shape index (κ2) is 10.9. The molecule has 176 valence electrons. The molecular weight excluding hydrogens is 410 g/mol. The summed E-state index contributed by atoms with van der Waals surface area (Å²) >= 11 is 0. The number of aryl methyl sites for hydroxylation is 1. The molecule has 2 heterocycles. The standard InChI is InChI=1S/C28H37N3O2/c1-21-12-16-30(17-13-21)26-10-9-24(29-27(32)11-8-23-6-4-3-5-7-23)20-25(26)28(33)31-18-14-22(2)15-19-31/h3-7,9-10,20-22H,8,11-19H2,1-2H3,(H,29,32). The van der Waals surface area contributed by atoms with Crippen LogP contribution < -0.4 is 10.2 Å². The minimum absolute atomic E-state index is 0.0244. The van der Waals surface area contributed by atoms with E-state index in [0.29, 0.717) is 24.4 Å². The Bertz CT molecular complexity index is 943. The van der Waals surface area contributed by atoms with Gasteiger partial charge in [-0.3, -0.25) is 9.59 Å². The van der Waals surface area contributed by atoms with Gasteiger partial charge in [0, 0.05) is 44.0 Å². The minimum atomic E-state index is -0.0244. The quantitative estimate of drug-likeness (QED) is 0.648. The number of anilines is 2. The van der Waals surface area contributed by atoms with E-state index in [1.165, 1.54) is 0 Å². The van der Waals surface area contributed by atoms with Crippen molar-refractivity contribution in [2.45, 2.75) is 52.4 Å². The number of nitrogens with zero attached hydrogens (tertiary/aromatic N) is 2. The number of benzene rings is 2. The molecule has 0 radical (unpaired) electrons. The number of carbonyl (C=O) groups excluding carboxylic acids is 2. The Kier molecular flexibility index (Phi) is 7.69. The third-order valence-electron chi connectivity index (χ3n) is 7.19. The van der Waals surface area contributed by atoms with Crippen LogP contribution in [-0.2, 0) is 11.2 Å². The number of hydrogen-bond donors (Lipinski definition) is 1. The average Bonchev–Trinajstić information content (AvgIpc) is 2.84. The maximum absolute atomic E-state index is 13.6. The molecule has 0 bridgehead atoms. The maximum atomic E-state index is 13.6. The zero-order chi connectivity index (χ0) is 23.2. The molecule has 33 heavy (non-hydrogen) atoms. The number of nitrogens with one attached hydrogen (secondary N) is 1. The Labute approximate surface area is 198 Å². The van der Waals surface area contributed by atoms with Crippen LogP contribution in [0.2, 0.25) is 0 Å². The van der Waals surface area contributed by atoms with E-state index in [-0.39, 0.29) is 11.8 Å². The van der Waals surface area contributed by atoms with Crippen LogP contribution in [0.1, 0.15) is 61.9 Å². The van der Waals surface area contributed by atoms with Crippen LogP contribution in [0.3, 0.4) is 0 Å². The van der Waals surface area contributed by atoms with E-state index < -0.39 is 0 Å². The van der Waals surface area contributed by atoms with Crippen molar-refractivity contribution in [3.63, 3.8) is 0 Å². The molecule has 0 aromatic heterocycles. The Balaban J connectivity index is 1.50. The van der Waals surface area contributed by atoms with E-state index in [1.807, 2.05) is 53.4 Å². The zero-order valence-corrected chi connectivity index (χ0v) is 20.1. The van der Waals surface area contributed by atoms with Gasteiger partial charge < -0.3 is 15.1 Å². The summed E-state index contributed by atoms with van der Waals surface area (Å²) in [6, 6.07) is 15.9. The summed E-state index contributed by atoms with van der Waals surface area (Å²) in [5.41, 5.74) is 3.58. The van der Waals surface area contributed by atoms with Crippen LogP contribution in [0, 0.1) is 11.8 Å². The van der Waals surface area contributed by atoms with Crippen molar-refractivity contribution in [1.82, 2.24) is 4.90 Å². The summed E-state index contributed by atoms with van der Waals surface area (Å²) in [7, 11) is 0. The second-order valence-corrected chi connectivity index (χ2v) is 9.91. The molecule has 2 aliphatic rings. The third kappa shape index (κ3) is 6.16. The van der Waals surface area contributed by atoms with Gasteiger partial charge in [0.1, 0.15) is 0 Å². The van der Waals surface area contributed by atoms with Gasteiger partial charge in [-0.15, -0.1) is 0 Å². The summed E-state index contributed by atoms with van der Waals surface area (Å²) in [6.45, 7) is 8.12. The van der Waals surface area contributed by atoms with Crippen LogP contribution >= 0.6 is 0 Å². The van der Waals surface area contributed by atoms with Crippen molar-refractivity contribution in [3.8, 4) is 0 Å². The Morgan fingerprint density at radius 2 is 1.52 bits per heavy atom. The smallest absolute Gasteiger partial charge is 0.256 e. The van der Waals surface area contributed by atoms with Crippen LogP contribution in [0.15, 0.2) is 48.5 Å². The largest absolute Gasteiger partial charge is 0.371 e. The molecule has 2 amide bonds. The third-order valence-corrected chi connectivity index (χ3v) is 7.19. The Morgan fingerprint density at radius 3 is 2.18 bits per heavy atom. The normalized spacial score (nSPS) is 17.8. The van der Waals surface area contributed by atoms with Crippen LogP contribution in [0.4, 0.5) is 11.4 Å². The van der Waals surface area contributed by atoms with Crippen molar-refractivity contribution < 1.29 is 9.59 Å². The lowest BCUT2D eigenvalue weighted by molar-refractivity contribution is -0.116. The number of amides is 2. The highest BCUT2D eigenvalue weighted by molar-refractivity contribution is 6.02. The molecule has 0 unspecified atom stereocenters. The van der Waals surface area contributed by atoms with Gasteiger partial charge in [-0.2, -0.15) is 0 Å². The van der Waals surface area contributed by atoms with Gasteiger partial charge in [-0.05, 0) is 67.7 Å². The fourth-order valence-electron chi connectivity index (χ4n) is 4.82. The highest BCUT2D eigenvalue weighted by Gasteiger charge is 2.27. The molecule has 5 heteroatoms. The van der Waals surface area contributed by atoms with Gasteiger partial charge >= 0.3 is 0 Å². The van der Waals surface area contributed by atoms with Gasteiger partial charge in [0.25, 0.3) is 5.91 Å². The van der Waals surface area contributed by atoms with Crippen molar-refractivity contribution in [3.05, 3.63) is 59.7 Å². The molecule has 2 saturated heterocycles. The van der Waals surface area contributed by atoms with Crippen molar-refractivity contribution in [2.24, 2.45) is 11.8 Å². The van der Waals surface area contributed by atoms with Crippen LogP contribution in [0.5, 0.6) is 0 Å². The van der Waals surface area contributed by atoms with E-state index >= 15 is 0 Å². The highest BCUT2D eigenvalue weighted by Crippen LogP contribution is 2.31. The van der Waals surface area contributed by atoms with Crippen molar-refractivity contribution in [2.75, 3.05) is 36.4 Å².